The maximum absolute atomic E-state index is 5.80. The summed E-state index contributed by atoms with van der Waals surface area (Å²) in [4.78, 5) is 0. The Bertz CT molecular complexity index is 312. The van der Waals surface area contributed by atoms with Gasteiger partial charge in [0.15, 0.2) is 0 Å². The molecule has 0 fully saturated rings. The maximum atomic E-state index is 5.80. The third kappa shape index (κ3) is 8.34. The highest BCUT2D eigenvalue weighted by Gasteiger charge is 2.06. The Hall–Kier alpha value is -0.860. The van der Waals surface area contributed by atoms with Gasteiger partial charge in [0.25, 0.3) is 0 Å². The minimum absolute atomic E-state index is 0.414. The van der Waals surface area contributed by atoms with Crippen LogP contribution in [-0.2, 0) is 11.2 Å². The first kappa shape index (κ1) is 17.2. The van der Waals surface area contributed by atoms with Crippen molar-refractivity contribution in [2.45, 2.75) is 57.9 Å². The van der Waals surface area contributed by atoms with Crippen LogP contribution in [0, 0.1) is 0 Å². The SMILES string of the molecule is CCCCCCCCOC[C@H](Cc1ccccc1)NC. The number of hydrogen-bond acceptors (Lipinski definition) is 2. The number of unbranched alkanes of at least 4 members (excludes halogenated alkanes) is 5. The summed E-state index contributed by atoms with van der Waals surface area (Å²) >= 11 is 0. The quantitative estimate of drug-likeness (QED) is 0.578. The number of hydrogen-bond donors (Lipinski definition) is 1. The molecule has 0 saturated carbocycles. The summed E-state index contributed by atoms with van der Waals surface area (Å²) in [5.74, 6) is 0. The van der Waals surface area contributed by atoms with E-state index in [1.165, 1.54) is 44.1 Å². The first-order chi connectivity index (χ1) is 9.86. The van der Waals surface area contributed by atoms with Gasteiger partial charge in [-0.25, -0.2) is 0 Å². The molecule has 1 rings (SSSR count). The van der Waals surface area contributed by atoms with Crippen molar-refractivity contribution in [2.24, 2.45) is 0 Å². The molecule has 1 atom stereocenters. The van der Waals surface area contributed by atoms with Gasteiger partial charge in [-0.05, 0) is 25.5 Å². The fraction of sp³-hybridized carbons (Fsp3) is 0.667. The van der Waals surface area contributed by atoms with Crippen molar-refractivity contribution in [3.8, 4) is 0 Å². The molecule has 0 radical (unpaired) electrons. The Morgan fingerprint density at radius 3 is 2.40 bits per heavy atom. The van der Waals surface area contributed by atoms with Gasteiger partial charge in [-0.1, -0.05) is 69.4 Å². The predicted octanol–water partition coefficient (Wildman–Crippen LogP) is 4.19. The van der Waals surface area contributed by atoms with Gasteiger partial charge in [0.05, 0.1) is 6.61 Å². The normalized spacial score (nSPS) is 12.5. The van der Waals surface area contributed by atoms with E-state index in [1.807, 2.05) is 7.05 Å². The molecular formula is C18H31NO. The zero-order valence-corrected chi connectivity index (χ0v) is 13.2. The zero-order chi connectivity index (χ0) is 14.5. The second-order valence-electron chi connectivity index (χ2n) is 5.52. The standard InChI is InChI=1S/C18H31NO/c1-3-4-5-6-7-11-14-20-16-18(19-2)15-17-12-9-8-10-13-17/h8-10,12-13,18-19H,3-7,11,14-16H2,1-2H3/t18-/m0/s1. The van der Waals surface area contributed by atoms with Gasteiger partial charge in [0, 0.05) is 12.6 Å². The van der Waals surface area contributed by atoms with Gasteiger partial charge < -0.3 is 10.1 Å². The molecule has 1 aromatic rings. The highest BCUT2D eigenvalue weighted by molar-refractivity contribution is 5.15. The molecule has 0 amide bonds. The summed E-state index contributed by atoms with van der Waals surface area (Å²) in [5.41, 5.74) is 1.37. The average Bonchev–Trinajstić information content (AvgIpc) is 2.49. The van der Waals surface area contributed by atoms with Crippen LogP contribution < -0.4 is 5.32 Å². The fourth-order valence-corrected chi connectivity index (χ4v) is 2.35. The van der Waals surface area contributed by atoms with Crippen LogP contribution in [0.3, 0.4) is 0 Å². The van der Waals surface area contributed by atoms with E-state index in [1.54, 1.807) is 0 Å². The predicted molar refractivity (Wildman–Crippen MR) is 87.2 cm³/mol. The Kier molecular flexibility index (Phi) is 10.3. The second-order valence-corrected chi connectivity index (χ2v) is 5.52. The second kappa shape index (κ2) is 11.9. The van der Waals surface area contributed by atoms with Crippen molar-refractivity contribution < 1.29 is 4.74 Å². The van der Waals surface area contributed by atoms with Crippen LogP contribution in [0.4, 0.5) is 0 Å². The van der Waals surface area contributed by atoms with Gasteiger partial charge in [0.1, 0.15) is 0 Å². The van der Waals surface area contributed by atoms with E-state index in [-0.39, 0.29) is 0 Å². The first-order valence-electron chi connectivity index (χ1n) is 8.15. The van der Waals surface area contributed by atoms with Crippen molar-refractivity contribution in [1.29, 1.82) is 0 Å². The Balaban J connectivity index is 2.04. The van der Waals surface area contributed by atoms with E-state index in [4.69, 9.17) is 4.74 Å². The Morgan fingerprint density at radius 2 is 1.70 bits per heavy atom. The lowest BCUT2D eigenvalue weighted by molar-refractivity contribution is 0.109. The maximum Gasteiger partial charge on any atom is 0.0622 e. The Morgan fingerprint density at radius 1 is 1.00 bits per heavy atom. The molecule has 0 saturated heterocycles. The minimum Gasteiger partial charge on any atom is -0.380 e. The molecule has 0 unspecified atom stereocenters. The van der Waals surface area contributed by atoms with Gasteiger partial charge in [-0.2, -0.15) is 0 Å². The van der Waals surface area contributed by atoms with Crippen LogP contribution in [0.5, 0.6) is 0 Å². The number of benzene rings is 1. The van der Waals surface area contributed by atoms with Crippen molar-refractivity contribution >= 4 is 0 Å². The lowest BCUT2D eigenvalue weighted by Gasteiger charge is -2.16. The monoisotopic (exact) mass is 277 g/mol. The molecular weight excluding hydrogens is 246 g/mol. The van der Waals surface area contributed by atoms with Crippen LogP contribution in [-0.4, -0.2) is 26.3 Å². The summed E-state index contributed by atoms with van der Waals surface area (Å²) in [7, 11) is 2.02. The van der Waals surface area contributed by atoms with Crippen molar-refractivity contribution in [2.75, 3.05) is 20.3 Å². The lowest BCUT2D eigenvalue weighted by Crippen LogP contribution is -2.32. The number of ether oxygens (including phenoxy) is 1. The summed E-state index contributed by atoms with van der Waals surface area (Å²) < 4.78 is 5.80. The third-order valence-corrected chi connectivity index (χ3v) is 3.69. The van der Waals surface area contributed by atoms with Gasteiger partial charge in [0.2, 0.25) is 0 Å². The minimum atomic E-state index is 0.414. The molecule has 0 spiro atoms. The lowest BCUT2D eigenvalue weighted by atomic mass is 10.1. The molecule has 0 aliphatic carbocycles. The van der Waals surface area contributed by atoms with Gasteiger partial charge >= 0.3 is 0 Å². The molecule has 0 aliphatic heterocycles. The van der Waals surface area contributed by atoms with Crippen molar-refractivity contribution in [3.05, 3.63) is 35.9 Å². The highest BCUT2D eigenvalue weighted by Crippen LogP contribution is 2.06. The summed E-state index contributed by atoms with van der Waals surface area (Å²) in [6, 6.07) is 11.0. The highest BCUT2D eigenvalue weighted by atomic mass is 16.5. The van der Waals surface area contributed by atoms with E-state index >= 15 is 0 Å². The van der Waals surface area contributed by atoms with Gasteiger partial charge in [-0.15, -0.1) is 0 Å². The summed E-state index contributed by atoms with van der Waals surface area (Å²) in [6.45, 7) is 3.97. The molecule has 0 heterocycles. The molecule has 0 bridgehead atoms. The fourth-order valence-electron chi connectivity index (χ4n) is 2.35. The number of rotatable bonds is 12. The Labute approximate surface area is 124 Å². The third-order valence-electron chi connectivity index (χ3n) is 3.69. The molecule has 0 aromatic heterocycles. The van der Waals surface area contributed by atoms with Crippen LogP contribution >= 0.6 is 0 Å². The van der Waals surface area contributed by atoms with E-state index < -0.39 is 0 Å². The van der Waals surface area contributed by atoms with E-state index in [0.29, 0.717) is 6.04 Å². The number of likely N-dealkylation sites (N-methyl/N-ethyl adjacent to an activating group) is 1. The summed E-state index contributed by atoms with van der Waals surface area (Å²) in [5, 5.41) is 3.34. The molecule has 0 aliphatic rings. The molecule has 2 heteroatoms. The average molecular weight is 277 g/mol. The van der Waals surface area contributed by atoms with Crippen LogP contribution in [0.1, 0.15) is 51.0 Å². The van der Waals surface area contributed by atoms with Crippen molar-refractivity contribution in [1.82, 2.24) is 5.32 Å². The molecule has 20 heavy (non-hydrogen) atoms. The van der Waals surface area contributed by atoms with E-state index in [9.17, 15) is 0 Å². The molecule has 1 aromatic carbocycles. The molecule has 1 N–H and O–H groups in total. The van der Waals surface area contributed by atoms with Crippen LogP contribution in [0.2, 0.25) is 0 Å². The summed E-state index contributed by atoms with van der Waals surface area (Å²) in [6.07, 6.45) is 8.97. The van der Waals surface area contributed by atoms with Crippen LogP contribution in [0.15, 0.2) is 30.3 Å². The number of nitrogens with one attached hydrogen (secondary N) is 1. The molecule has 114 valence electrons. The molecule has 2 nitrogen and oxygen atoms in total. The topological polar surface area (TPSA) is 21.3 Å². The largest absolute Gasteiger partial charge is 0.380 e. The van der Waals surface area contributed by atoms with E-state index in [2.05, 4.69) is 42.6 Å². The van der Waals surface area contributed by atoms with E-state index in [0.717, 1.165) is 19.6 Å². The zero-order valence-electron chi connectivity index (χ0n) is 13.2. The van der Waals surface area contributed by atoms with Gasteiger partial charge in [-0.3, -0.25) is 0 Å². The van der Waals surface area contributed by atoms with Crippen molar-refractivity contribution in [3.63, 3.8) is 0 Å². The first-order valence-corrected chi connectivity index (χ1v) is 8.15. The van der Waals surface area contributed by atoms with Crippen LogP contribution in [0.25, 0.3) is 0 Å². The smallest absolute Gasteiger partial charge is 0.0622 e.